The summed E-state index contributed by atoms with van der Waals surface area (Å²) in [5.41, 5.74) is 3.67. The molecule has 0 bridgehead atoms. The number of hydrogen-bond acceptors (Lipinski definition) is 4. The standard InChI is InChI=1S/C23H22BrClN2O3/c1-15-19(25)9-6-10-20(15)26-13-16-11-18(24)23(21(12-16)29-2)30-14-22(28)27-17-7-4-3-5-8-17/h3-12,26H,13-14H2,1-2H3,(H,27,28). The fraction of sp³-hybridized carbons (Fsp3) is 0.174. The molecule has 30 heavy (non-hydrogen) atoms. The summed E-state index contributed by atoms with van der Waals surface area (Å²) < 4.78 is 11.9. The van der Waals surface area contributed by atoms with E-state index in [9.17, 15) is 4.79 Å². The second-order valence-corrected chi connectivity index (χ2v) is 7.84. The third-order valence-electron chi connectivity index (χ3n) is 4.45. The molecule has 0 aliphatic heterocycles. The van der Waals surface area contributed by atoms with Crippen molar-refractivity contribution in [2.24, 2.45) is 0 Å². The number of amides is 1. The monoisotopic (exact) mass is 488 g/mol. The lowest BCUT2D eigenvalue weighted by Crippen LogP contribution is -2.20. The number of nitrogens with one attached hydrogen (secondary N) is 2. The molecule has 1 amide bonds. The Morgan fingerprint density at radius 3 is 2.60 bits per heavy atom. The Labute approximate surface area is 189 Å². The molecule has 0 aromatic heterocycles. The van der Waals surface area contributed by atoms with Crippen LogP contribution < -0.4 is 20.1 Å². The minimum Gasteiger partial charge on any atom is -0.493 e. The summed E-state index contributed by atoms with van der Waals surface area (Å²) in [6.07, 6.45) is 0. The average Bonchev–Trinajstić information content (AvgIpc) is 2.74. The van der Waals surface area contributed by atoms with Gasteiger partial charge in [-0.25, -0.2) is 0 Å². The van der Waals surface area contributed by atoms with Gasteiger partial charge in [0, 0.05) is 22.9 Å². The van der Waals surface area contributed by atoms with Gasteiger partial charge in [0.1, 0.15) is 0 Å². The zero-order chi connectivity index (χ0) is 21.5. The summed E-state index contributed by atoms with van der Waals surface area (Å²) in [7, 11) is 1.57. The third-order valence-corrected chi connectivity index (χ3v) is 5.44. The van der Waals surface area contributed by atoms with Gasteiger partial charge in [0.15, 0.2) is 18.1 Å². The van der Waals surface area contributed by atoms with Gasteiger partial charge in [-0.2, -0.15) is 0 Å². The van der Waals surface area contributed by atoms with Gasteiger partial charge in [0.25, 0.3) is 5.91 Å². The fourth-order valence-corrected chi connectivity index (χ4v) is 3.65. The number of carbonyl (C=O) groups is 1. The number of para-hydroxylation sites is 1. The van der Waals surface area contributed by atoms with Gasteiger partial charge in [0.05, 0.1) is 11.6 Å². The van der Waals surface area contributed by atoms with Crippen LogP contribution in [-0.2, 0) is 11.3 Å². The minimum atomic E-state index is -0.252. The van der Waals surface area contributed by atoms with Gasteiger partial charge in [0.2, 0.25) is 0 Å². The van der Waals surface area contributed by atoms with E-state index in [2.05, 4.69) is 26.6 Å². The van der Waals surface area contributed by atoms with Crippen LogP contribution in [0.3, 0.4) is 0 Å². The molecule has 0 aliphatic carbocycles. The first-order valence-electron chi connectivity index (χ1n) is 9.31. The first-order valence-corrected chi connectivity index (χ1v) is 10.5. The maximum Gasteiger partial charge on any atom is 0.262 e. The van der Waals surface area contributed by atoms with E-state index in [0.29, 0.717) is 22.5 Å². The van der Waals surface area contributed by atoms with Crippen LogP contribution >= 0.6 is 27.5 Å². The van der Waals surface area contributed by atoms with Crippen LogP contribution in [-0.4, -0.2) is 19.6 Å². The van der Waals surface area contributed by atoms with E-state index in [1.54, 1.807) is 7.11 Å². The molecule has 0 saturated heterocycles. The summed E-state index contributed by atoms with van der Waals surface area (Å²) in [5, 5.41) is 6.89. The van der Waals surface area contributed by atoms with Crippen molar-refractivity contribution < 1.29 is 14.3 Å². The zero-order valence-electron chi connectivity index (χ0n) is 16.7. The van der Waals surface area contributed by atoms with Crippen molar-refractivity contribution in [1.82, 2.24) is 0 Å². The Kier molecular flexibility index (Phi) is 7.60. The Hall–Kier alpha value is -2.70. The van der Waals surface area contributed by atoms with Crippen molar-refractivity contribution in [2.75, 3.05) is 24.4 Å². The molecule has 0 heterocycles. The van der Waals surface area contributed by atoms with E-state index >= 15 is 0 Å². The number of anilines is 2. The SMILES string of the molecule is COc1cc(CNc2cccc(Cl)c2C)cc(Br)c1OCC(=O)Nc1ccccc1. The lowest BCUT2D eigenvalue weighted by atomic mass is 10.1. The number of rotatable bonds is 8. The molecule has 7 heteroatoms. The fourth-order valence-electron chi connectivity index (χ4n) is 2.87. The molecule has 0 aliphatic rings. The quantitative estimate of drug-likeness (QED) is 0.404. The van der Waals surface area contributed by atoms with E-state index in [-0.39, 0.29) is 12.5 Å². The van der Waals surface area contributed by atoms with Crippen LogP contribution in [0.25, 0.3) is 0 Å². The van der Waals surface area contributed by atoms with E-state index in [4.69, 9.17) is 21.1 Å². The predicted molar refractivity (Wildman–Crippen MR) is 125 cm³/mol. The van der Waals surface area contributed by atoms with Crippen molar-refractivity contribution >= 4 is 44.8 Å². The minimum absolute atomic E-state index is 0.136. The van der Waals surface area contributed by atoms with Crippen LogP contribution in [0.15, 0.2) is 65.1 Å². The Bertz CT molecular complexity index is 1030. The normalized spacial score (nSPS) is 10.4. The molecule has 0 atom stereocenters. The zero-order valence-corrected chi connectivity index (χ0v) is 19.0. The van der Waals surface area contributed by atoms with Gasteiger partial charge in [-0.1, -0.05) is 35.9 Å². The van der Waals surface area contributed by atoms with Crippen LogP contribution in [0, 0.1) is 6.92 Å². The molecule has 0 fully saturated rings. The van der Waals surface area contributed by atoms with Gasteiger partial charge in [-0.15, -0.1) is 0 Å². The molecule has 2 N–H and O–H groups in total. The van der Waals surface area contributed by atoms with Crippen molar-refractivity contribution in [3.05, 3.63) is 81.3 Å². The van der Waals surface area contributed by atoms with E-state index in [0.717, 1.165) is 27.5 Å². The summed E-state index contributed by atoms with van der Waals surface area (Å²) in [6.45, 7) is 2.41. The van der Waals surface area contributed by atoms with Gasteiger partial charge >= 0.3 is 0 Å². The maximum atomic E-state index is 12.2. The number of benzene rings is 3. The highest BCUT2D eigenvalue weighted by atomic mass is 79.9. The first-order chi connectivity index (χ1) is 14.5. The highest BCUT2D eigenvalue weighted by Crippen LogP contribution is 2.37. The molecule has 3 aromatic rings. The van der Waals surface area contributed by atoms with Crippen molar-refractivity contribution in [2.45, 2.75) is 13.5 Å². The number of methoxy groups -OCH3 is 1. The van der Waals surface area contributed by atoms with Crippen LogP contribution in [0.5, 0.6) is 11.5 Å². The van der Waals surface area contributed by atoms with Crippen molar-refractivity contribution in [3.8, 4) is 11.5 Å². The number of ether oxygens (including phenoxy) is 2. The van der Waals surface area contributed by atoms with Gasteiger partial charge < -0.3 is 20.1 Å². The third kappa shape index (κ3) is 5.68. The lowest BCUT2D eigenvalue weighted by molar-refractivity contribution is -0.118. The van der Waals surface area contributed by atoms with Crippen molar-refractivity contribution in [3.63, 3.8) is 0 Å². The maximum absolute atomic E-state index is 12.2. The molecule has 0 unspecified atom stereocenters. The highest BCUT2D eigenvalue weighted by molar-refractivity contribution is 9.10. The summed E-state index contributed by atoms with van der Waals surface area (Å²) in [6, 6.07) is 18.8. The molecular weight excluding hydrogens is 468 g/mol. The van der Waals surface area contributed by atoms with Crippen LogP contribution in [0.4, 0.5) is 11.4 Å². The Morgan fingerprint density at radius 1 is 1.10 bits per heavy atom. The number of carbonyl (C=O) groups excluding carboxylic acids is 1. The lowest BCUT2D eigenvalue weighted by Gasteiger charge is -2.16. The first kappa shape index (κ1) is 22.0. The second-order valence-electron chi connectivity index (χ2n) is 6.58. The molecular formula is C23H22BrClN2O3. The van der Waals surface area contributed by atoms with Crippen molar-refractivity contribution in [1.29, 1.82) is 0 Å². The van der Waals surface area contributed by atoms with Crippen LogP contribution in [0.2, 0.25) is 5.02 Å². The summed E-state index contributed by atoms with van der Waals surface area (Å²) in [5.74, 6) is 0.761. The second kappa shape index (κ2) is 10.4. The van der Waals surface area contributed by atoms with E-state index < -0.39 is 0 Å². The topological polar surface area (TPSA) is 59.6 Å². The van der Waals surface area contributed by atoms with E-state index in [1.807, 2.05) is 67.6 Å². The number of hydrogen-bond donors (Lipinski definition) is 2. The van der Waals surface area contributed by atoms with E-state index in [1.165, 1.54) is 0 Å². The molecule has 3 rings (SSSR count). The highest BCUT2D eigenvalue weighted by Gasteiger charge is 2.14. The summed E-state index contributed by atoms with van der Waals surface area (Å²) in [4.78, 5) is 12.2. The van der Waals surface area contributed by atoms with Gasteiger partial charge in [-0.3, -0.25) is 4.79 Å². The molecule has 0 saturated carbocycles. The Balaban J connectivity index is 1.66. The predicted octanol–water partition coefficient (Wildman–Crippen LogP) is 6.05. The molecule has 3 aromatic carbocycles. The molecule has 0 radical (unpaired) electrons. The average molecular weight is 490 g/mol. The largest absolute Gasteiger partial charge is 0.493 e. The molecule has 156 valence electrons. The van der Waals surface area contributed by atoms with Crippen LogP contribution in [0.1, 0.15) is 11.1 Å². The molecule has 0 spiro atoms. The van der Waals surface area contributed by atoms with Gasteiger partial charge in [-0.05, 0) is 70.4 Å². The smallest absolute Gasteiger partial charge is 0.262 e. The Morgan fingerprint density at radius 2 is 1.87 bits per heavy atom. The summed E-state index contributed by atoms with van der Waals surface area (Å²) >= 11 is 9.71. The number of halogens is 2. The molecule has 5 nitrogen and oxygen atoms in total.